The van der Waals surface area contributed by atoms with Crippen LogP contribution in [-0.2, 0) is 6.54 Å². The zero-order valence-electron chi connectivity index (χ0n) is 14.4. The fraction of sp³-hybridized carbons (Fsp3) is 0.333. The number of nitrogens with zero attached hydrogens (tertiary/aromatic N) is 4. The van der Waals surface area contributed by atoms with Crippen LogP contribution in [0, 0.1) is 6.92 Å². The number of hydrogen-bond donors (Lipinski definition) is 1. The molecule has 26 heavy (non-hydrogen) atoms. The first-order chi connectivity index (χ1) is 12.7. The number of anilines is 1. The Balaban J connectivity index is 1.42. The molecule has 0 bridgehead atoms. The lowest BCUT2D eigenvalue weighted by Crippen LogP contribution is -2.23. The van der Waals surface area contributed by atoms with Crippen LogP contribution in [0.15, 0.2) is 40.5 Å². The number of aromatic nitrogens is 3. The van der Waals surface area contributed by atoms with Crippen molar-refractivity contribution in [2.75, 3.05) is 11.9 Å². The van der Waals surface area contributed by atoms with E-state index in [4.69, 9.17) is 4.63 Å². The molecule has 3 heterocycles. The first kappa shape index (κ1) is 16.9. The van der Waals surface area contributed by atoms with Crippen molar-refractivity contribution in [3.05, 3.63) is 58.4 Å². The second-order valence-electron chi connectivity index (χ2n) is 6.35. The van der Waals surface area contributed by atoms with Gasteiger partial charge in [0.2, 0.25) is 0 Å². The van der Waals surface area contributed by atoms with E-state index in [1.807, 2.05) is 36.6 Å². The predicted molar refractivity (Wildman–Crippen MR) is 97.9 cm³/mol. The molecule has 0 radical (unpaired) electrons. The number of nitrogens with one attached hydrogen (secondary N) is 1. The zero-order valence-corrected chi connectivity index (χ0v) is 15.2. The largest absolute Gasteiger partial charge is 0.298 e. The summed E-state index contributed by atoms with van der Waals surface area (Å²) in [6, 6.07) is 7.95. The van der Waals surface area contributed by atoms with Crippen molar-refractivity contribution in [1.82, 2.24) is 20.2 Å². The molecule has 1 N–H and O–H groups in total. The lowest BCUT2D eigenvalue weighted by Gasteiger charge is -2.23. The molecule has 8 heteroatoms. The van der Waals surface area contributed by atoms with Crippen LogP contribution in [0.5, 0.6) is 0 Å². The standard InChI is InChI=1S/C18H19N5O2S/c1-12-16(22-25-21-12)15-3-2-9-23(15)11-13-4-6-14(7-5-13)17(24)20-18-19-8-10-26-18/h4-8,10,15H,2-3,9,11H2,1H3,(H,19,20,24)/t15-/m0/s1. The Morgan fingerprint density at radius 3 is 2.88 bits per heavy atom. The molecule has 4 rings (SSSR count). The van der Waals surface area contributed by atoms with E-state index in [0.29, 0.717) is 10.7 Å². The van der Waals surface area contributed by atoms with Gasteiger partial charge in [-0.1, -0.05) is 22.4 Å². The molecule has 1 saturated heterocycles. The van der Waals surface area contributed by atoms with Gasteiger partial charge >= 0.3 is 0 Å². The normalized spacial score (nSPS) is 17.5. The molecule has 1 aliphatic heterocycles. The minimum atomic E-state index is -0.144. The number of likely N-dealkylation sites (tertiary alicyclic amines) is 1. The summed E-state index contributed by atoms with van der Waals surface area (Å²) in [6.07, 6.45) is 3.86. The maximum absolute atomic E-state index is 12.2. The number of carbonyl (C=O) groups excluding carboxylic acids is 1. The molecular formula is C18H19N5O2S. The first-order valence-electron chi connectivity index (χ1n) is 8.53. The van der Waals surface area contributed by atoms with E-state index in [1.165, 1.54) is 11.3 Å². The van der Waals surface area contributed by atoms with Crippen LogP contribution in [0.1, 0.15) is 46.2 Å². The second kappa shape index (κ2) is 7.35. The van der Waals surface area contributed by atoms with E-state index >= 15 is 0 Å². The van der Waals surface area contributed by atoms with Crippen molar-refractivity contribution in [2.24, 2.45) is 0 Å². The second-order valence-corrected chi connectivity index (χ2v) is 7.25. The molecule has 7 nitrogen and oxygen atoms in total. The van der Waals surface area contributed by atoms with Crippen LogP contribution in [0.2, 0.25) is 0 Å². The van der Waals surface area contributed by atoms with Crippen molar-refractivity contribution >= 4 is 22.4 Å². The smallest absolute Gasteiger partial charge is 0.257 e. The average molecular weight is 369 g/mol. The minimum Gasteiger partial charge on any atom is -0.298 e. The first-order valence-corrected chi connectivity index (χ1v) is 9.41. The predicted octanol–water partition coefficient (Wildman–Crippen LogP) is 3.42. The summed E-state index contributed by atoms with van der Waals surface area (Å²) in [6.45, 7) is 3.76. The van der Waals surface area contributed by atoms with Gasteiger partial charge in [-0.25, -0.2) is 9.61 Å². The molecule has 1 fully saturated rings. The summed E-state index contributed by atoms with van der Waals surface area (Å²) in [4.78, 5) is 18.7. The van der Waals surface area contributed by atoms with Gasteiger partial charge in [-0.2, -0.15) is 0 Å². The van der Waals surface area contributed by atoms with Gasteiger partial charge < -0.3 is 0 Å². The third-order valence-electron chi connectivity index (χ3n) is 4.62. The number of carbonyl (C=O) groups is 1. The quantitative estimate of drug-likeness (QED) is 0.742. The summed E-state index contributed by atoms with van der Waals surface area (Å²) in [5, 5.41) is 13.2. The van der Waals surface area contributed by atoms with Crippen molar-refractivity contribution in [3.8, 4) is 0 Å². The van der Waals surface area contributed by atoms with E-state index in [2.05, 4.69) is 25.5 Å². The third-order valence-corrected chi connectivity index (χ3v) is 5.31. The molecule has 0 spiro atoms. The molecule has 134 valence electrons. The molecular weight excluding hydrogens is 350 g/mol. The molecule has 1 aromatic carbocycles. The summed E-state index contributed by atoms with van der Waals surface area (Å²) in [7, 11) is 0. The van der Waals surface area contributed by atoms with Gasteiger partial charge in [-0.05, 0) is 44.0 Å². The van der Waals surface area contributed by atoms with E-state index in [1.54, 1.807) is 6.20 Å². The van der Waals surface area contributed by atoms with Gasteiger partial charge in [0.25, 0.3) is 5.91 Å². The third kappa shape index (κ3) is 3.51. The summed E-state index contributed by atoms with van der Waals surface area (Å²) in [5.74, 6) is -0.144. The highest BCUT2D eigenvalue weighted by Gasteiger charge is 2.30. The van der Waals surface area contributed by atoms with E-state index in [-0.39, 0.29) is 11.9 Å². The van der Waals surface area contributed by atoms with E-state index in [0.717, 1.165) is 42.9 Å². The number of aryl methyl sites for hydroxylation is 1. The van der Waals surface area contributed by atoms with Crippen LogP contribution in [0.4, 0.5) is 5.13 Å². The van der Waals surface area contributed by atoms with Crippen LogP contribution >= 0.6 is 11.3 Å². The average Bonchev–Trinajstić information content (AvgIpc) is 3.38. The highest BCUT2D eigenvalue weighted by molar-refractivity contribution is 7.13. The number of benzene rings is 1. The van der Waals surface area contributed by atoms with Gasteiger partial charge in [-0.15, -0.1) is 11.3 Å². The molecule has 1 amide bonds. The Hall–Kier alpha value is -2.58. The molecule has 0 aliphatic carbocycles. The van der Waals surface area contributed by atoms with Crippen LogP contribution in [0.25, 0.3) is 0 Å². The molecule has 1 aliphatic rings. The summed E-state index contributed by atoms with van der Waals surface area (Å²) >= 11 is 1.40. The fourth-order valence-corrected chi connectivity index (χ4v) is 3.84. The van der Waals surface area contributed by atoms with Crippen molar-refractivity contribution in [1.29, 1.82) is 0 Å². The SMILES string of the molecule is Cc1nonc1[C@@H]1CCCN1Cc1ccc(C(=O)Nc2nccs2)cc1. The maximum atomic E-state index is 12.2. The monoisotopic (exact) mass is 369 g/mol. The van der Waals surface area contributed by atoms with Crippen molar-refractivity contribution in [2.45, 2.75) is 32.4 Å². The number of hydrogen-bond acceptors (Lipinski definition) is 7. The minimum absolute atomic E-state index is 0.144. The number of thiazole rings is 1. The topological polar surface area (TPSA) is 84.2 Å². The van der Waals surface area contributed by atoms with Gasteiger partial charge in [-0.3, -0.25) is 15.0 Å². The Bertz CT molecular complexity index is 875. The zero-order chi connectivity index (χ0) is 17.9. The van der Waals surface area contributed by atoms with Crippen LogP contribution in [-0.4, -0.2) is 32.6 Å². The molecule has 0 saturated carbocycles. The van der Waals surface area contributed by atoms with Crippen molar-refractivity contribution in [3.63, 3.8) is 0 Å². The van der Waals surface area contributed by atoms with Gasteiger partial charge in [0.05, 0.1) is 6.04 Å². The Labute approximate surface area is 155 Å². The van der Waals surface area contributed by atoms with Gasteiger partial charge in [0.1, 0.15) is 11.4 Å². The van der Waals surface area contributed by atoms with Gasteiger partial charge in [0.15, 0.2) is 5.13 Å². The number of amides is 1. The fourth-order valence-electron chi connectivity index (χ4n) is 3.32. The summed E-state index contributed by atoms with van der Waals surface area (Å²) < 4.78 is 4.87. The number of rotatable bonds is 5. The Kier molecular flexibility index (Phi) is 4.77. The summed E-state index contributed by atoms with van der Waals surface area (Å²) in [5.41, 5.74) is 3.58. The lowest BCUT2D eigenvalue weighted by atomic mass is 10.1. The maximum Gasteiger partial charge on any atom is 0.257 e. The molecule has 0 unspecified atom stereocenters. The lowest BCUT2D eigenvalue weighted by molar-refractivity contribution is 0.102. The van der Waals surface area contributed by atoms with Crippen molar-refractivity contribution < 1.29 is 9.42 Å². The Morgan fingerprint density at radius 1 is 1.35 bits per heavy atom. The van der Waals surface area contributed by atoms with E-state index in [9.17, 15) is 4.79 Å². The Morgan fingerprint density at radius 2 is 2.19 bits per heavy atom. The molecule has 1 atom stereocenters. The highest BCUT2D eigenvalue weighted by atomic mass is 32.1. The molecule has 2 aromatic heterocycles. The molecule has 3 aromatic rings. The highest BCUT2D eigenvalue weighted by Crippen LogP contribution is 2.33. The van der Waals surface area contributed by atoms with E-state index < -0.39 is 0 Å². The van der Waals surface area contributed by atoms with Crippen LogP contribution in [0.3, 0.4) is 0 Å². The van der Waals surface area contributed by atoms with Gasteiger partial charge in [0, 0.05) is 23.7 Å². The van der Waals surface area contributed by atoms with Crippen LogP contribution < -0.4 is 5.32 Å².